The number of likely N-dealkylation sites (N-methyl/N-ethyl adjacent to an activating group) is 1. The van der Waals surface area contributed by atoms with Gasteiger partial charge in [0.2, 0.25) is 0 Å². The van der Waals surface area contributed by atoms with E-state index in [2.05, 4.69) is 36.9 Å². The largest absolute Gasteiger partial charge is 0.467 e. The van der Waals surface area contributed by atoms with Gasteiger partial charge in [0.15, 0.2) is 0 Å². The van der Waals surface area contributed by atoms with Crippen molar-refractivity contribution in [3.05, 3.63) is 60.9 Å². The second kappa shape index (κ2) is 8.87. The summed E-state index contributed by atoms with van der Waals surface area (Å²) < 4.78 is 5.05. The van der Waals surface area contributed by atoms with E-state index < -0.39 is 0 Å². The summed E-state index contributed by atoms with van der Waals surface area (Å²) in [5.41, 5.74) is 4.63. The lowest BCUT2D eigenvalue weighted by Gasteiger charge is -2.32. The third-order valence-corrected chi connectivity index (χ3v) is 5.83. The number of fused-ring (bicyclic) bond motifs is 1. The SMILES string of the molecule is COc1ncc(-c2ccc3ncnc(-c4cncc(C(=O)N5CCN(C)CC5)c4)c3c2)cn1. The van der Waals surface area contributed by atoms with Gasteiger partial charge >= 0.3 is 6.01 Å². The van der Waals surface area contributed by atoms with Gasteiger partial charge in [-0.2, -0.15) is 0 Å². The first-order valence-corrected chi connectivity index (χ1v) is 10.7. The average molecular weight is 441 g/mol. The van der Waals surface area contributed by atoms with Crippen LogP contribution < -0.4 is 4.74 Å². The van der Waals surface area contributed by atoms with Gasteiger partial charge in [-0.15, -0.1) is 0 Å². The Morgan fingerprint density at radius 1 is 0.879 bits per heavy atom. The molecule has 0 saturated carbocycles. The topological polar surface area (TPSA) is 97.2 Å². The van der Waals surface area contributed by atoms with E-state index in [0.29, 0.717) is 24.7 Å². The fourth-order valence-electron chi connectivity index (χ4n) is 3.92. The number of hydrogen-bond acceptors (Lipinski definition) is 8. The van der Waals surface area contributed by atoms with Crippen molar-refractivity contribution < 1.29 is 9.53 Å². The second-order valence-corrected chi connectivity index (χ2v) is 7.97. The molecule has 0 atom stereocenters. The Morgan fingerprint density at radius 2 is 1.67 bits per heavy atom. The van der Waals surface area contributed by atoms with Crippen LogP contribution in [0.25, 0.3) is 33.3 Å². The predicted octanol–water partition coefficient (Wildman–Crippen LogP) is 2.55. The highest BCUT2D eigenvalue weighted by Crippen LogP contribution is 2.30. The normalized spacial score (nSPS) is 14.4. The molecule has 9 nitrogen and oxygen atoms in total. The Hall–Kier alpha value is -3.98. The standard InChI is InChI=1S/C24H23N7O2/c1-30-5-7-31(8-6-30)23(32)18-9-17(11-25-12-18)22-20-10-16(3-4-21(20)28-15-29-22)19-13-26-24(33-2)27-14-19/h3-4,9-15H,5-8H2,1-2H3. The molecule has 33 heavy (non-hydrogen) atoms. The number of piperazine rings is 1. The van der Waals surface area contributed by atoms with Crippen molar-refractivity contribution in [2.45, 2.75) is 0 Å². The molecule has 0 spiro atoms. The number of nitrogens with zero attached hydrogens (tertiary/aromatic N) is 7. The highest BCUT2D eigenvalue weighted by molar-refractivity contribution is 5.98. The molecule has 0 radical (unpaired) electrons. The van der Waals surface area contributed by atoms with Crippen molar-refractivity contribution in [2.24, 2.45) is 0 Å². The summed E-state index contributed by atoms with van der Waals surface area (Å²) in [6.45, 7) is 3.16. The van der Waals surface area contributed by atoms with E-state index in [9.17, 15) is 4.79 Å². The van der Waals surface area contributed by atoms with Crippen molar-refractivity contribution >= 4 is 16.8 Å². The van der Waals surface area contributed by atoms with E-state index in [1.165, 1.54) is 13.4 Å². The Morgan fingerprint density at radius 3 is 2.42 bits per heavy atom. The van der Waals surface area contributed by atoms with Gasteiger partial charge in [-0.25, -0.2) is 19.9 Å². The molecular weight excluding hydrogens is 418 g/mol. The Balaban J connectivity index is 1.51. The molecule has 1 aromatic carbocycles. The van der Waals surface area contributed by atoms with Crippen molar-refractivity contribution in [3.8, 4) is 28.4 Å². The lowest BCUT2D eigenvalue weighted by atomic mass is 10.0. The molecule has 5 rings (SSSR count). The van der Waals surface area contributed by atoms with Gasteiger partial charge in [0.05, 0.1) is 23.9 Å². The molecule has 1 saturated heterocycles. The molecule has 0 aliphatic carbocycles. The van der Waals surface area contributed by atoms with Crippen LogP contribution in [-0.2, 0) is 0 Å². The third-order valence-electron chi connectivity index (χ3n) is 5.83. The molecule has 4 aromatic rings. The smallest absolute Gasteiger partial charge is 0.316 e. The zero-order chi connectivity index (χ0) is 22.8. The van der Waals surface area contributed by atoms with Gasteiger partial charge in [-0.05, 0) is 30.8 Å². The molecule has 1 aliphatic heterocycles. The molecule has 3 aromatic heterocycles. The lowest BCUT2D eigenvalue weighted by Crippen LogP contribution is -2.47. The number of rotatable bonds is 4. The monoisotopic (exact) mass is 441 g/mol. The van der Waals surface area contributed by atoms with Crippen LogP contribution in [0.3, 0.4) is 0 Å². The van der Waals surface area contributed by atoms with E-state index in [0.717, 1.165) is 46.4 Å². The Bertz CT molecular complexity index is 1300. The minimum absolute atomic E-state index is 0.00752. The number of pyridine rings is 1. The van der Waals surface area contributed by atoms with Crippen LogP contribution in [0.1, 0.15) is 10.4 Å². The van der Waals surface area contributed by atoms with Crippen LogP contribution in [0.5, 0.6) is 6.01 Å². The van der Waals surface area contributed by atoms with Crippen LogP contribution >= 0.6 is 0 Å². The average Bonchev–Trinajstić information content (AvgIpc) is 2.88. The van der Waals surface area contributed by atoms with Crippen LogP contribution in [0, 0.1) is 0 Å². The van der Waals surface area contributed by atoms with Crippen LogP contribution in [0.4, 0.5) is 0 Å². The predicted molar refractivity (Wildman–Crippen MR) is 124 cm³/mol. The van der Waals surface area contributed by atoms with Crippen LogP contribution in [0.2, 0.25) is 0 Å². The van der Waals surface area contributed by atoms with Gasteiger partial charge < -0.3 is 14.5 Å². The highest BCUT2D eigenvalue weighted by Gasteiger charge is 2.21. The van der Waals surface area contributed by atoms with Gasteiger partial charge in [0.1, 0.15) is 6.33 Å². The molecule has 1 fully saturated rings. The van der Waals surface area contributed by atoms with Gasteiger partial charge in [0.25, 0.3) is 5.91 Å². The molecule has 0 bridgehead atoms. The van der Waals surface area contributed by atoms with E-state index >= 15 is 0 Å². The maximum absolute atomic E-state index is 13.1. The summed E-state index contributed by atoms with van der Waals surface area (Å²) in [6, 6.07) is 8.09. The number of hydrogen-bond donors (Lipinski definition) is 0. The second-order valence-electron chi connectivity index (χ2n) is 7.97. The highest BCUT2D eigenvalue weighted by atomic mass is 16.5. The Labute approximate surface area is 191 Å². The van der Waals surface area contributed by atoms with Crippen LogP contribution in [-0.4, -0.2) is 81.0 Å². The van der Waals surface area contributed by atoms with E-state index in [1.54, 1.807) is 24.8 Å². The van der Waals surface area contributed by atoms with Crippen molar-refractivity contribution in [1.29, 1.82) is 0 Å². The van der Waals surface area contributed by atoms with Crippen LogP contribution in [0.15, 0.2) is 55.4 Å². The number of aromatic nitrogens is 5. The maximum Gasteiger partial charge on any atom is 0.316 e. The number of carbonyl (C=O) groups excluding carboxylic acids is 1. The quantitative estimate of drug-likeness (QED) is 0.477. The molecule has 4 heterocycles. The summed E-state index contributed by atoms with van der Waals surface area (Å²) in [6.07, 6.45) is 8.31. The maximum atomic E-state index is 13.1. The fraction of sp³-hybridized carbons (Fsp3) is 0.250. The number of methoxy groups -OCH3 is 1. The zero-order valence-corrected chi connectivity index (χ0v) is 18.5. The summed E-state index contributed by atoms with van der Waals surface area (Å²) in [7, 11) is 3.60. The summed E-state index contributed by atoms with van der Waals surface area (Å²) >= 11 is 0. The van der Waals surface area contributed by atoms with E-state index in [-0.39, 0.29) is 5.91 Å². The number of carbonyl (C=O) groups is 1. The summed E-state index contributed by atoms with van der Waals surface area (Å²) in [5, 5.41) is 0.858. The lowest BCUT2D eigenvalue weighted by molar-refractivity contribution is 0.0663. The van der Waals surface area contributed by atoms with E-state index in [1.807, 2.05) is 29.2 Å². The number of amides is 1. The minimum atomic E-state index is -0.00752. The first-order chi connectivity index (χ1) is 16.1. The van der Waals surface area contributed by atoms with Gasteiger partial charge in [-0.1, -0.05) is 6.07 Å². The summed E-state index contributed by atoms with van der Waals surface area (Å²) in [4.78, 5) is 38.8. The first-order valence-electron chi connectivity index (χ1n) is 10.7. The minimum Gasteiger partial charge on any atom is -0.467 e. The molecule has 1 aliphatic rings. The number of ether oxygens (including phenoxy) is 1. The molecule has 1 amide bonds. The molecule has 0 N–H and O–H groups in total. The van der Waals surface area contributed by atoms with Crippen molar-refractivity contribution in [3.63, 3.8) is 0 Å². The molecule has 0 unspecified atom stereocenters. The zero-order valence-electron chi connectivity index (χ0n) is 18.5. The van der Waals surface area contributed by atoms with Crippen molar-refractivity contribution in [2.75, 3.05) is 40.3 Å². The molecular formula is C24H23N7O2. The van der Waals surface area contributed by atoms with E-state index in [4.69, 9.17) is 4.74 Å². The van der Waals surface area contributed by atoms with Gasteiger partial charge in [-0.3, -0.25) is 9.78 Å². The van der Waals surface area contributed by atoms with Crippen molar-refractivity contribution in [1.82, 2.24) is 34.7 Å². The molecule has 166 valence electrons. The first kappa shape index (κ1) is 20.9. The summed E-state index contributed by atoms with van der Waals surface area (Å²) in [5.74, 6) is -0.00752. The third kappa shape index (κ3) is 4.22. The van der Waals surface area contributed by atoms with Gasteiger partial charge in [0, 0.05) is 67.5 Å². The molecule has 9 heteroatoms. The fourth-order valence-corrected chi connectivity index (χ4v) is 3.92. The number of benzene rings is 1. The Kier molecular flexibility index (Phi) is 5.62.